The summed E-state index contributed by atoms with van der Waals surface area (Å²) in [5.41, 5.74) is 0.0194. The number of fused-ring (bicyclic) bond motifs is 5. The Hall–Kier alpha value is -0.130. The molecule has 0 spiro atoms. The van der Waals surface area contributed by atoms with Crippen molar-refractivity contribution in [1.82, 2.24) is 4.90 Å². The molecule has 2 heterocycles. The molecule has 2 aliphatic carbocycles. The van der Waals surface area contributed by atoms with E-state index >= 15 is 0 Å². The fourth-order valence-electron chi connectivity index (χ4n) is 5.01. The zero-order valence-electron chi connectivity index (χ0n) is 9.97. The summed E-state index contributed by atoms with van der Waals surface area (Å²) >= 11 is 0. The van der Waals surface area contributed by atoms with Crippen LogP contribution in [0.3, 0.4) is 0 Å². The van der Waals surface area contributed by atoms with E-state index in [0.717, 1.165) is 39.1 Å². The van der Waals surface area contributed by atoms with Gasteiger partial charge in [-0.3, -0.25) is 4.90 Å². The molecule has 0 radical (unpaired) electrons. The van der Waals surface area contributed by atoms with E-state index in [1.54, 1.807) is 0 Å². The highest BCUT2D eigenvalue weighted by Crippen LogP contribution is 2.62. The lowest BCUT2D eigenvalue weighted by atomic mass is 9.79. The fraction of sp³-hybridized carbons (Fsp3) is 1.00. The molecular formula is C12H19NO3S. The van der Waals surface area contributed by atoms with E-state index in [0.29, 0.717) is 17.6 Å². The molecule has 2 saturated carbocycles. The summed E-state index contributed by atoms with van der Waals surface area (Å²) in [4.78, 5) is 2.45. The van der Waals surface area contributed by atoms with Crippen molar-refractivity contribution in [2.24, 2.45) is 11.8 Å². The predicted molar refractivity (Wildman–Crippen MR) is 63.5 cm³/mol. The molecule has 2 saturated heterocycles. The van der Waals surface area contributed by atoms with Crippen molar-refractivity contribution in [2.75, 3.05) is 32.1 Å². The summed E-state index contributed by atoms with van der Waals surface area (Å²) in [6.45, 7) is 3.39. The fourth-order valence-corrected chi connectivity index (χ4v) is 8.02. The number of hydrogen-bond acceptors (Lipinski definition) is 4. The van der Waals surface area contributed by atoms with Crippen LogP contribution in [0, 0.1) is 11.8 Å². The van der Waals surface area contributed by atoms with Gasteiger partial charge in [-0.15, -0.1) is 0 Å². The second-order valence-electron chi connectivity index (χ2n) is 6.09. The summed E-state index contributed by atoms with van der Waals surface area (Å²) in [7, 11) is -2.78. The number of ether oxygens (including phenoxy) is 1. The van der Waals surface area contributed by atoms with E-state index in [4.69, 9.17) is 4.74 Å². The Morgan fingerprint density at radius 2 is 1.94 bits per heavy atom. The third kappa shape index (κ3) is 1.18. The molecule has 0 N–H and O–H groups in total. The van der Waals surface area contributed by atoms with Crippen LogP contribution in [-0.2, 0) is 14.6 Å². The molecule has 5 heteroatoms. The Bertz CT molecular complexity index is 443. The van der Waals surface area contributed by atoms with Crippen LogP contribution in [0.1, 0.15) is 19.3 Å². The first-order chi connectivity index (χ1) is 8.14. The molecule has 4 aliphatic rings. The van der Waals surface area contributed by atoms with Crippen molar-refractivity contribution in [3.05, 3.63) is 0 Å². The minimum Gasteiger partial charge on any atom is -0.379 e. The Morgan fingerprint density at radius 3 is 2.65 bits per heavy atom. The minimum atomic E-state index is -2.78. The van der Waals surface area contributed by atoms with Gasteiger partial charge < -0.3 is 4.74 Å². The maximum absolute atomic E-state index is 12.1. The van der Waals surface area contributed by atoms with Crippen LogP contribution in [0.25, 0.3) is 0 Å². The highest BCUT2D eigenvalue weighted by atomic mass is 32.2. The molecule has 0 amide bonds. The molecule has 2 aliphatic heterocycles. The number of hydrogen-bond donors (Lipinski definition) is 0. The lowest BCUT2D eigenvalue weighted by molar-refractivity contribution is -0.0416. The predicted octanol–water partition coefficient (Wildman–Crippen LogP) is 0.284. The van der Waals surface area contributed by atoms with Gasteiger partial charge in [-0.1, -0.05) is 0 Å². The standard InChI is InChI=1S/C12H19NO3S/c14-17(15)8-12(13-3-5-16-6-4-13)10-2-1-9(7-10)11(12)17/h9-11H,1-8H2. The number of nitrogens with zero attached hydrogens (tertiary/aromatic N) is 1. The van der Waals surface area contributed by atoms with Crippen LogP contribution < -0.4 is 0 Å². The number of sulfone groups is 1. The molecule has 17 heavy (non-hydrogen) atoms. The van der Waals surface area contributed by atoms with E-state index in [2.05, 4.69) is 4.90 Å². The average molecular weight is 257 g/mol. The van der Waals surface area contributed by atoms with E-state index in [9.17, 15) is 8.42 Å². The quantitative estimate of drug-likeness (QED) is 0.677. The molecule has 0 aromatic rings. The first kappa shape index (κ1) is 10.8. The average Bonchev–Trinajstić information content (AvgIpc) is 2.85. The molecule has 4 fully saturated rings. The normalized spacial score (nSPS) is 52.1. The minimum absolute atomic E-state index is 0.0194. The summed E-state index contributed by atoms with van der Waals surface area (Å²) in [6.07, 6.45) is 3.54. The molecule has 0 aromatic carbocycles. The van der Waals surface area contributed by atoms with E-state index < -0.39 is 9.84 Å². The van der Waals surface area contributed by atoms with Crippen LogP contribution in [0.15, 0.2) is 0 Å². The van der Waals surface area contributed by atoms with Crippen LogP contribution in [0.2, 0.25) is 0 Å². The van der Waals surface area contributed by atoms with Gasteiger partial charge in [-0.25, -0.2) is 8.42 Å². The molecule has 2 bridgehead atoms. The second-order valence-corrected chi connectivity index (χ2v) is 8.21. The molecule has 4 rings (SSSR count). The SMILES string of the molecule is O=S1(=O)CC2(N3CCOCC3)C3CCC(C3)C21. The lowest BCUT2D eigenvalue weighted by Gasteiger charge is -2.58. The van der Waals surface area contributed by atoms with Gasteiger partial charge in [0, 0.05) is 13.1 Å². The maximum Gasteiger partial charge on any atom is 0.157 e. The van der Waals surface area contributed by atoms with Gasteiger partial charge in [-0.05, 0) is 31.1 Å². The molecule has 4 nitrogen and oxygen atoms in total. The molecular weight excluding hydrogens is 238 g/mol. The van der Waals surface area contributed by atoms with Gasteiger partial charge >= 0.3 is 0 Å². The lowest BCUT2D eigenvalue weighted by Crippen LogP contribution is -2.75. The number of morpholine rings is 1. The first-order valence-corrected chi connectivity index (χ1v) is 8.40. The van der Waals surface area contributed by atoms with Crippen molar-refractivity contribution in [3.8, 4) is 0 Å². The Morgan fingerprint density at radius 1 is 1.18 bits per heavy atom. The molecule has 0 aromatic heterocycles. The smallest absolute Gasteiger partial charge is 0.157 e. The van der Waals surface area contributed by atoms with Crippen molar-refractivity contribution in [1.29, 1.82) is 0 Å². The monoisotopic (exact) mass is 257 g/mol. The van der Waals surface area contributed by atoms with Crippen LogP contribution >= 0.6 is 0 Å². The van der Waals surface area contributed by atoms with Gasteiger partial charge in [0.05, 0.1) is 29.8 Å². The molecule has 96 valence electrons. The largest absolute Gasteiger partial charge is 0.379 e. The number of rotatable bonds is 1. The van der Waals surface area contributed by atoms with Crippen LogP contribution in [0.4, 0.5) is 0 Å². The van der Waals surface area contributed by atoms with Gasteiger partial charge in [0.15, 0.2) is 9.84 Å². The van der Waals surface area contributed by atoms with Gasteiger partial charge in [-0.2, -0.15) is 0 Å². The van der Waals surface area contributed by atoms with Crippen LogP contribution in [0.5, 0.6) is 0 Å². The van der Waals surface area contributed by atoms with Crippen molar-refractivity contribution >= 4 is 9.84 Å². The molecule has 4 unspecified atom stereocenters. The molecule has 4 atom stereocenters. The zero-order chi connectivity index (χ0) is 11.7. The second kappa shape index (κ2) is 3.25. The maximum atomic E-state index is 12.1. The summed E-state index contributed by atoms with van der Waals surface area (Å²) in [6, 6.07) is 0. The van der Waals surface area contributed by atoms with Crippen molar-refractivity contribution in [3.63, 3.8) is 0 Å². The van der Waals surface area contributed by atoms with Crippen molar-refractivity contribution in [2.45, 2.75) is 30.1 Å². The van der Waals surface area contributed by atoms with E-state index in [1.165, 1.54) is 6.42 Å². The zero-order valence-corrected chi connectivity index (χ0v) is 10.8. The highest BCUT2D eigenvalue weighted by Gasteiger charge is 2.72. The third-order valence-electron chi connectivity index (χ3n) is 5.52. The first-order valence-electron chi connectivity index (χ1n) is 6.69. The third-order valence-corrected chi connectivity index (χ3v) is 7.95. The summed E-state index contributed by atoms with van der Waals surface area (Å²) < 4.78 is 29.6. The van der Waals surface area contributed by atoms with Crippen molar-refractivity contribution < 1.29 is 13.2 Å². The Balaban J connectivity index is 1.72. The van der Waals surface area contributed by atoms with Gasteiger partial charge in [0.1, 0.15) is 0 Å². The summed E-state index contributed by atoms with van der Waals surface area (Å²) in [5, 5.41) is -0.0353. The van der Waals surface area contributed by atoms with E-state index in [1.807, 2.05) is 0 Å². The highest BCUT2D eigenvalue weighted by molar-refractivity contribution is 7.93. The Labute approximate surface area is 102 Å². The van der Waals surface area contributed by atoms with E-state index in [-0.39, 0.29) is 10.8 Å². The summed E-state index contributed by atoms with van der Waals surface area (Å²) in [5.74, 6) is 1.52. The van der Waals surface area contributed by atoms with Gasteiger partial charge in [0.25, 0.3) is 0 Å². The topological polar surface area (TPSA) is 46.6 Å². The van der Waals surface area contributed by atoms with Gasteiger partial charge in [0.2, 0.25) is 0 Å². The Kier molecular flexibility index (Phi) is 2.06. The van der Waals surface area contributed by atoms with Crippen LogP contribution in [-0.4, -0.2) is 56.2 Å².